The van der Waals surface area contributed by atoms with Gasteiger partial charge in [0.05, 0.1) is 0 Å². The summed E-state index contributed by atoms with van der Waals surface area (Å²) in [7, 11) is 0. The van der Waals surface area contributed by atoms with Crippen LogP contribution in [0.5, 0.6) is 0 Å². The molecule has 0 aliphatic heterocycles. The van der Waals surface area contributed by atoms with Crippen LogP contribution in [0, 0.1) is 3.57 Å². The van der Waals surface area contributed by atoms with E-state index in [4.69, 9.17) is 0 Å². The van der Waals surface area contributed by atoms with Crippen LogP contribution in [0.15, 0.2) is 24.3 Å². The van der Waals surface area contributed by atoms with Gasteiger partial charge in [-0.15, -0.1) is 0 Å². The quantitative estimate of drug-likeness (QED) is 0.727. The van der Waals surface area contributed by atoms with Crippen molar-refractivity contribution in [3.05, 3.63) is 33.4 Å². The Bertz CT molecular complexity index is 232. The number of rotatable bonds is 2. The lowest BCUT2D eigenvalue weighted by Gasteiger charge is -1.93. The van der Waals surface area contributed by atoms with Gasteiger partial charge in [0.25, 0.3) is 0 Å². The number of carbonyl (C=O) groups excluding carboxylic acids is 1. The largest absolute Gasteiger partial charge is 0.291 e. The Kier molecular flexibility index (Phi) is 2.86. The van der Waals surface area contributed by atoms with Crippen LogP contribution in [-0.2, 0) is 11.2 Å². The minimum absolute atomic E-state index is 0.400. The highest BCUT2D eigenvalue weighted by atomic mass is 127. The average molecular weight is 245 g/mol. The van der Waals surface area contributed by atoms with Crippen LogP contribution in [0.2, 0.25) is 0 Å². The third-order valence-corrected chi connectivity index (χ3v) is 1.84. The van der Waals surface area contributed by atoms with Gasteiger partial charge in [0.15, 0.2) is 0 Å². The van der Waals surface area contributed by atoms with E-state index in [9.17, 15) is 4.79 Å². The van der Waals surface area contributed by atoms with Crippen molar-refractivity contribution < 1.29 is 4.79 Å². The van der Waals surface area contributed by atoms with Crippen LogP contribution >= 0.6 is 22.6 Å². The molecule has 1 radical (unpaired) electrons. The average Bonchev–Trinajstić information content (AvgIpc) is 1.88. The van der Waals surface area contributed by atoms with Gasteiger partial charge >= 0.3 is 0 Å². The summed E-state index contributed by atoms with van der Waals surface area (Å²) in [5.74, 6) is 0. The molecule has 0 unspecified atom stereocenters. The van der Waals surface area contributed by atoms with Gasteiger partial charge in [-0.2, -0.15) is 0 Å². The molecule has 0 atom stereocenters. The number of benzene rings is 1. The van der Waals surface area contributed by atoms with E-state index in [0.29, 0.717) is 6.42 Å². The Morgan fingerprint density at radius 1 is 1.50 bits per heavy atom. The summed E-state index contributed by atoms with van der Waals surface area (Å²) < 4.78 is 1.16. The van der Waals surface area contributed by atoms with E-state index in [-0.39, 0.29) is 0 Å². The van der Waals surface area contributed by atoms with E-state index in [0.717, 1.165) is 9.13 Å². The predicted molar refractivity (Wildman–Crippen MR) is 48.6 cm³/mol. The summed E-state index contributed by atoms with van der Waals surface area (Å²) >= 11 is 2.22. The van der Waals surface area contributed by atoms with Gasteiger partial charge in [0.2, 0.25) is 6.29 Å². The van der Waals surface area contributed by atoms with E-state index < -0.39 is 0 Å². The molecule has 0 saturated heterocycles. The highest BCUT2D eigenvalue weighted by Gasteiger charge is 1.91. The van der Waals surface area contributed by atoms with E-state index in [1.165, 1.54) is 0 Å². The summed E-state index contributed by atoms with van der Waals surface area (Å²) in [5.41, 5.74) is 1.03. The molecule has 0 bridgehead atoms. The maximum Gasteiger partial charge on any atom is 0.203 e. The van der Waals surface area contributed by atoms with Crippen LogP contribution < -0.4 is 0 Å². The molecular formula is C8H6IO. The summed E-state index contributed by atoms with van der Waals surface area (Å²) in [6.45, 7) is 0. The van der Waals surface area contributed by atoms with Crippen molar-refractivity contribution in [2.75, 3.05) is 0 Å². The standard InChI is InChI=1S/C8H6IO/c9-8-3-1-2-7(6-8)4-5-10/h1-3,6H,4H2. The molecule has 0 aliphatic rings. The molecule has 0 amide bonds. The second kappa shape index (κ2) is 3.71. The van der Waals surface area contributed by atoms with Crippen LogP contribution in [0.25, 0.3) is 0 Å². The summed E-state index contributed by atoms with van der Waals surface area (Å²) in [4.78, 5) is 9.96. The van der Waals surface area contributed by atoms with Crippen molar-refractivity contribution >= 4 is 28.9 Å². The molecule has 2 heteroatoms. The van der Waals surface area contributed by atoms with Gasteiger partial charge in [-0.25, -0.2) is 0 Å². The second-order valence-corrected chi connectivity index (χ2v) is 3.20. The van der Waals surface area contributed by atoms with Gasteiger partial charge in [-0.3, -0.25) is 4.79 Å². The molecule has 0 fully saturated rings. The van der Waals surface area contributed by atoms with Crippen molar-refractivity contribution in [3.8, 4) is 0 Å². The van der Waals surface area contributed by atoms with E-state index in [1.54, 1.807) is 0 Å². The van der Waals surface area contributed by atoms with Gasteiger partial charge in [-0.1, -0.05) is 12.1 Å². The molecular weight excluding hydrogens is 239 g/mol. The number of halogens is 1. The first-order valence-electron chi connectivity index (χ1n) is 2.92. The molecule has 0 saturated carbocycles. The molecule has 0 aliphatic carbocycles. The fourth-order valence-corrected chi connectivity index (χ4v) is 1.34. The normalized spacial score (nSPS) is 9.30. The van der Waals surface area contributed by atoms with Crippen molar-refractivity contribution in [1.29, 1.82) is 0 Å². The smallest absolute Gasteiger partial charge is 0.203 e. The molecule has 0 spiro atoms. The fraction of sp³-hybridized carbons (Fsp3) is 0.125. The van der Waals surface area contributed by atoms with Crippen LogP contribution in [0.4, 0.5) is 0 Å². The van der Waals surface area contributed by atoms with Crippen LogP contribution in [0.3, 0.4) is 0 Å². The van der Waals surface area contributed by atoms with E-state index in [1.807, 2.05) is 30.6 Å². The Balaban J connectivity index is 2.84. The zero-order valence-electron chi connectivity index (χ0n) is 5.30. The third kappa shape index (κ3) is 2.10. The third-order valence-electron chi connectivity index (χ3n) is 1.17. The van der Waals surface area contributed by atoms with Crippen molar-refractivity contribution in [3.63, 3.8) is 0 Å². The molecule has 0 aromatic heterocycles. The zero-order valence-corrected chi connectivity index (χ0v) is 7.46. The van der Waals surface area contributed by atoms with Crippen molar-refractivity contribution in [2.24, 2.45) is 0 Å². The number of hydrogen-bond donors (Lipinski definition) is 0. The molecule has 10 heavy (non-hydrogen) atoms. The molecule has 1 rings (SSSR count). The first kappa shape index (κ1) is 7.72. The Morgan fingerprint density at radius 3 is 2.90 bits per heavy atom. The minimum atomic E-state index is 0.400. The monoisotopic (exact) mass is 245 g/mol. The summed E-state index contributed by atoms with van der Waals surface area (Å²) in [6, 6.07) is 7.84. The summed E-state index contributed by atoms with van der Waals surface area (Å²) in [6.07, 6.45) is 2.26. The zero-order chi connectivity index (χ0) is 7.40. The second-order valence-electron chi connectivity index (χ2n) is 1.95. The lowest BCUT2D eigenvalue weighted by atomic mass is 10.2. The van der Waals surface area contributed by atoms with Gasteiger partial charge in [0, 0.05) is 9.99 Å². The topological polar surface area (TPSA) is 17.1 Å². The molecule has 0 N–H and O–H groups in total. The van der Waals surface area contributed by atoms with E-state index in [2.05, 4.69) is 22.6 Å². The maximum absolute atomic E-state index is 9.96. The maximum atomic E-state index is 9.96. The van der Waals surface area contributed by atoms with Gasteiger partial charge in [-0.05, 0) is 40.3 Å². The van der Waals surface area contributed by atoms with Crippen LogP contribution in [-0.4, -0.2) is 6.29 Å². The molecule has 51 valence electrons. The lowest BCUT2D eigenvalue weighted by Crippen LogP contribution is -1.84. The Labute approximate surface area is 73.6 Å². The molecule has 1 aromatic rings. The van der Waals surface area contributed by atoms with Gasteiger partial charge in [0.1, 0.15) is 0 Å². The number of hydrogen-bond acceptors (Lipinski definition) is 1. The van der Waals surface area contributed by atoms with E-state index >= 15 is 0 Å². The summed E-state index contributed by atoms with van der Waals surface area (Å²) in [5, 5.41) is 0. The minimum Gasteiger partial charge on any atom is -0.291 e. The Hall–Kier alpha value is -0.380. The SMILES string of the molecule is O=[C]Cc1cccc(I)c1. The highest BCUT2D eigenvalue weighted by molar-refractivity contribution is 14.1. The van der Waals surface area contributed by atoms with Crippen molar-refractivity contribution in [2.45, 2.75) is 6.42 Å². The molecule has 1 aromatic carbocycles. The highest BCUT2D eigenvalue weighted by Crippen LogP contribution is 2.06. The lowest BCUT2D eigenvalue weighted by molar-refractivity contribution is 0.555. The Morgan fingerprint density at radius 2 is 2.30 bits per heavy atom. The predicted octanol–water partition coefficient (Wildman–Crippen LogP) is 1.94. The first-order chi connectivity index (χ1) is 4.83. The molecule has 0 heterocycles. The molecule has 1 nitrogen and oxygen atoms in total. The fourth-order valence-electron chi connectivity index (χ4n) is 0.730. The first-order valence-corrected chi connectivity index (χ1v) is 4.00. The van der Waals surface area contributed by atoms with Crippen molar-refractivity contribution in [1.82, 2.24) is 0 Å². The van der Waals surface area contributed by atoms with Gasteiger partial charge < -0.3 is 0 Å². The van der Waals surface area contributed by atoms with Crippen LogP contribution in [0.1, 0.15) is 5.56 Å².